The Morgan fingerprint density at radius 2 is 1.86 bits per heavy atom. The van der Waals surface area contributed by atoms with Crippen molar-refractivity contribution in [1.82, 2.24) is 4.90 Å². The zero-order chi connectivity index (χ0) is 9.97. The number of aliphatic hydroxyl groups is 1. The van der Waals surface area contributed by atoms with Crippen molar-refractivity contribution in [3.8, 4) is 6.07 Å². The molecular formula is C11H18N2O. The lowest BCUT2D eigenvalue weighted by atomic mass is 9.96. The Morgan fingerprint density at radius 1 is 1.14 bits per heavy atom. The molecule has 78 valence electrons. The molecule has 1 saturated carbocycles. The Bertz CT molecular complexity index is 228. The highest BCUT2D eigenvalue weighted by Gasteiger charge is 2.32. The Hall–Kier alpha value is -0.590. The van der Waals surface area contributed by atoms with Crippen LogP contribution in [0.25, 0.3) is 0 Å². The molecule has 1 N–H and O–H groups in total. The molecule has 0 aromatic rings. The molecule has 0 radical (unpaired) electrons. The zero-order valence-electron chi connectivity index (χ0n) is 8.52. The van der Waals surface area contributed by atoms with Crippen LogP contribution in [0.2, 0.25) is 0 Å². The summed E-state index contributed by atoms with van der Waals surface area (Å²) < 4.78 is 0. The minimum atomic E-state index is -0.117. The van der Waals surface area contributed by atoms with E-state index in [9.17, 15) is 5.11 Å². The molecule has 0 bridgehead atoms. The topological polar surface area (TPSA) is 47.3 Å². The third kappa shape index (κ3) is 1.92. The first-order valence-corrected chi connectivity index (χ1v) is 5.63. The van der Waals surface area contributed by atoms with Crippen LogP contribution >= 0.6 is 0 Å². The summed E-state index contributed by atoms with van der Waals surface area (Å²) in [6.45, 7) is 2.00. The molecule has 0 unspecified atom stereocenters. The van der Waals surface area contributed by atoms with Crippen molar-refractivity contribution in [1.29, 1.82) is 5.26 Å². The van der Waals surface area contributed by atoms with Gasteiger partial charge in [-0.25, -0.2) is 0 Å². The summed E-state index contributed by atoms with van der Waals surface area (Å²) in [7, 11) is 0. The lowest BCUT2D eigenvalue weighted by molar-refractivity contribution is 0.0534. The third-order valence-electron chi connectivity index (χ3n) is 3.63. The smallest absolute Gasteiger partial charge is 0.0695 e. The van der Waals surface area contributed by atoms with Crippen molar-refractivity contribution >= 4 is 0 Å². The van der Waals surface area contributed by atoms with Crippen LogP contribution in [0.4, 0.5) is 0 Å². The Morgan fingerprint density at radius 3 is 2.36 bits per heavy atom. The molecule has 1 heterocycles. The van der Waals surface area contributed by atoms with E-state index in [-0.39, 0.29) is 12.0 Å². The maximum atomic E-state index is 9.76. The Labute approximate surface area is 85.3 Å². The van der Waals surface area contributed by atoms with E-state index in [1.807, 2.05) is 0 Å². The monoisotopic (exact) mass is 194 g/mol. The first-order valence-electron chi connectivity index (χ1n) is 5.63. The van der Waals surface area contributed by atoms with Crippen molar-refractivity contribution in [3.63, 3.8) is 0 Å². The van der Waals surface area contributed by atoms with E-state index >= 15 is 0 Å². The number of likely N-dealkylation sites (tertiary alicyclic amines) is 1. The summed E-state index contributed by atoms with van der Waals surface area (Å²) in [4.78, 5) is 2.38. The maximum Gasteiger partial charge on any atom is 0.0695 e. The molecule has 2 aliphatic rings. The molecule has 0 amide bonds. The van der Waals surface area contributed by atoms with Crippen molar-refractivity contribution < 1.29 is 5.11 Å². The fourth-order valence-corrected chi connectivity index (χ4v) is 2.71. The number of aliphatic hydroxyl groups excluding tert-OH is 1. The fraction of sp³-hybridized carbons (Fsp3) is 0.909. The van der Waals surface area contributed by atoms with Crippen LogP contribution in [0.1, 0.15) is 32.1 Å². The molecule has 1 aliphatic carbocycles. The molecule has 1 aliphatic heterocycles. The van der Waals surface area contributed by atoms with Gasteiger partial charge >= 0.3 is 0 Å². The first kappa shape index (κ1) is 9.95. The van der Waals surface area contributed by atoms with Crippen LogP contribution < -0.4 is 0 Å². The Kier molecular flexibility index (Phi) is 3.05. The van der Waals surface area contributed by atoms with E-state index < -0.39 is 0 Å². The van der Waals surface area contributed by atoms with E-state index in [0.29, 0.717) is 6.04 Å². The second-order valence-corrected chi connectivity index (χ2v) is 4.50. The number of piperidine rings is 1. The lowest BCUT2D eigenvalue weighted by Gasteiger charge is -2.35. The first-order chi connectivity index (χ1) is 6.81. The van der Waals surface area contributed by atoms with Crippen molar-refractivity contribution in [3.05, 3.63) is 0 Å². The molecule has 2 fully saturated rings. The second kappa shape index (κ2) is 4.29. The van der Waals surface area contributed by atoms with Gasteiger partial charge in [0, 0.05) is 12.0 Å². The van der Waals surface area contributed by atoms with Gasteiger partial charge in [0.15, 0.2) is 0 Å². The van der Waals surface area contributed by atoms with Crippen LogP contribution in [-0.4, -0.2) is 35.2 Å². The largest absolute Gasteiger partial charge is 0.391 e. The lowest BCUT2D eigenvalue weighted by Crippen LogP contribution is -2.44. The van der Waals surface area contributed by atoms with Crippen LogP contribution in [0.15, 0.2) is 0 Å². The standard InChI is InChI=1S/C11H18N2O/c12-8-9-4-6-13(7-5-9)10-2-1-3-11(10)14/h9-11,14H,1-7H2/t10-,11-/m1/s1. The molecule has 2 rings (SSSR count). The molecule has 3 heteroatoms. The minimum absolute atomic E-state index is 0.117. The summed E-state index contributed by atoms with van der Waals surface area (Å²) in [5.74, 6) is 0.254. The molecule has 3 nitrogen and oxygen atoms in total. The average Bonchev–Trinajstić information content (AvgIpc) is 2.65. The van der Waals surface area contributed by atoms with Gasteiger partial charge in [-0.1, -0.05) is 0 Å². The summed E-state index contributed by atoms with van der Waals surface area (Å²) >= 11 is 0. The molecule has 14 heavy (non-hydrogen) atoms. The highest BCUT2D eigenvalue weighted by molar-refractivity contribution is 4.92. The minimum Gasteiger partial charge on any atom is -0.391 e. The van der Waals surface area contributed by atoms with Gasteiger partial charge in [0.05, 0.1) is 12.2 Å². The van der Waals surface area contributed by atoms with E-state index in [4.69, 9.17) is 5.26 Å². The van der Waals surface area contributed by atoms with Gasteiger partial charge < -0.3 is 5.11 Å². The zero-order valence-corrected chi connectivity index (χ0v) is 8.52. The number of nitrogens with zero attached hydrogens (tertiary/aromatic N) is 2. The van der Waals surface area contributed by atoms with Crippen LogP contribution in [0.3, 0.4) is 0 Å². The van der Waals surface area contributed by atoms with E-state index in [2.05, 4.69) is 11.0 Å². The summed E-state index contributed by atoms with van der Waals surface area (Å²) in [6, 6.07) is 2.72. The van der Waals surface area contributed by atoms with Crippen LogP contribution in [-0.2, 0) is 0 Å². The van der Waals surface area contributed by atoms with Gasteiger partial charge in [-0.2, -0.15) is 5.26 Å². The van der Waals surface area contributed by atoms with Gasteiger partial charge in [0.25, 0.3) is 0 Å². The molecule has 0 aromatic heterocycles. The predicted octanol–water partition coefficient (Wildman–Crippen LogP) is 1.14. The molecule has 0 spiro atoms. The van der Waals surface area contributed by atoms with E-state index in [1.54, 1.807) is 0 Å². The van der Waals surface area contributed by atoms with Gasteiger partial charge in [0.2, 0.25) is 0 Å². The predicted molar refractivity (Wildman–Crippen MR) is 53.6 cm³/mol. The van der Waals surface area contributed by atoms with Gasteiger partial charge in [-0.3, -0.25) is 4.90 Å². The third-order valence-corrected chi connectivity index (χ3v) is 3.63. The highest BCUT2D eigenvalue weighted by atomic mass is 16.3. The van der Waals surface area contributed by atoms with Crippen molar-refractivity contribution in [2.75, 3.05) is 13.1 Å². The Balaban J connectivity index is 1.86. The number of nitriles is 1. The highest BCUT2D eigenvalue weighted by Crippen LogP contribution is 2.27. The number of hydrogen-bond donors (Lipinski definition) is 1. The van der Waals surface area contributed by atoms with E-state index in [0.717, 1.165) is 45.2 Å². The van der Waals surface area contributed by atoms with Crippen molar-refractivity contribution in [2.45, 2.75) is 44.2 Å². The van der Waals surface area contributed by atoms with Gasteiger partial charge in [0.1, 0.15) is 0 Å². The molecule has 1 saturated heterocycles. The van der Waals surface area contributed by atoms with Crippen molar-refractivity contribution in [2.24, 2.45) is 5.92 Å². The fourth-order valence-electron chi connectivity index (χ4n) is 2.71. The summed E-state index contributed by atoms with van der Waals surface area (Å²) in [5, 5.41) is 18.5. The molecular weight excluding hydrogens is 176 g/mol. The number of rotatable bonds is 1. The molecule has 2 atom stereocenters. The van der Waals surface area contributed by atoms with Gasteiger partial charge in [-0.15, -0.1) is 0 Å². The van der Waals surface area contributed by atoms with Crippen LogP contribution in [0, 0.1) is 17.2 Å². The quantitative estimate of drug-likeness (QED) is 0.681. The molecule has 0 aromatic carbocycles. The normalized spacial score (nSPS) is 35.7. The van der Waals surface area contributed by atoms with Crippen LogP contribution in [0.5, 0.6) is 0 Å². The van der Waals surface area contributed by atoms with E-state index in [1.165, 1.54) is 0 Å². The number of hydrogen-bond acceptors (Lipinski definition) is 3. The second-order valence-electron chi connectivity index (χ2n) is 4.50. The summed E-state index contributed by atoms with van der Waals surface area (Å²) in [5.41, 5.74) is 0. The SMILES string of the molecule is N#CC1CCN([C@@H]2CCC[C@H]2O)CC1. The van der Waals surface area contributed by atoms with Gasteiger partial charge in [-0.05, 0) is 45.2 Å². The average molecular weight is 194 g/mol. The maximum absolute atomic E-state index is 9.76. The summed E-state index contributed by atoms with van der Waals surface area (Å²) in [6.07, 6.45) is 5.11.